The van der Waals surface area contributed by atoms with E-state index in [1.165, 1.54) is 0 Å². The van der Waals surface area contributed by atoms with Crippen LogP contribution in [0.1, 0.15) is 64.7 Å². The molecule has 0 radical (unpaired) electrons. The average Bonchev–Trinajstić information content (AvgIpc) is 2.46. The zero-order chi connectivity index (χ0) is 15.7. The van der Waals surface area contributed by atoms with Gasteiger partial charge in [0.25, 0.3) is 0 Å². The Morgan fingerprint density at radius 2 is 1.86 bits per heavy atom. The van der Waals surface area contributed by atoms with Gasteiger partial charge in [-0.3, -0.25) is 9.59 Å². The Labute approximate surface area is 127 Å². The molecule has 0 aromatic carbocycles. The highest BCUT2D eigenvalue weighted by atomic mass is 16.4. The molecular weight excluding hydrogens is 268 g/mol. The SMILES string of the molecule is CCCC(CCN)CCC(=O)NC1CCC(C(=O)O)CC1. The van der Waals surface area contributed by atoms with E-state index in [1.54, 1.807) is 0 Å². The first-order valence-corrected chi connectivity index (χ1v) is 8.29. The lowest BCUT2D eigenvalue weighted by Crippen LogP contribution is -2.38. The zero-order valence-corrected chi connectivity index (χ0v) is 13.1. The van der Waals surface area contributed by atoms with Crippen molar-refractivity contribution in [2.75, 3.05) is 6.54 Å². The van der Waals surface area contributed by atoms with E-state index in [0.29, 0.717) is 31.7 Å². The minimum Gasteiger partial charge on any atom is -0.481 e. The van der Waals surface area contributed by atoms with Crippen molar-refractivity contribution < 1.29 is 14.7 Å². The molecule has 0 bridgehead atoms. The molecule has 0 aromatic rings. The smallest absolute Gasteiger partial charge is 0.306 e. The highest BCUT2D eigenvalue weighted by molar-refractivity contribution is 5.76. The van der Waals surface area contributed by atoms with Gasteiger partial charge in [-0.05, 0) is 51.0 Å². The lowest BCUT2D eigenvalue weighted by molar-refractivity contribution is -0.142. The molecule has 4 N–H and O–H groups in total. The summed E-state index contributed by atoms with van der Waals surface area (Å²) in [5.41, 5.74) is 5.60. The molecule has 1 atom stereocenters. The maximum absolute atomic E-state index is 12.0. The van der Waals surface area contributed by atoms with Crippen molar-refractivity contribution in [3.63, 3.8) is 0 Å². The highest BCUT2D eigenvalue weighted by Crippen LogP contribution is 2.24. The van der Waals surface area contributed by atoms with Crippen molar-refractivity contribution in [3.8, 4) is 0 Å². The monoisotopic (exact) mass is 298 g/mol. The summed E-state index contributed by atoms with van der Waals surface area (Å²) in [5.74, 6) is -0.277. The Balaban J connectivity index is 2.23. The van der Waals surface area contributed by atoms with Crippen LogP contribution in [0.3, 0.4) is 0 Å². The van der Waals surface area contributed by atoms with Crippen LogP contribution < -0.4 is 11.1 Å². The number of carboxylic acid groups (broad SMARTS) is 1. The van der Waals surface area contributed by atoms with Gasteiger partial charge in [0.2, 0.25) is 5.91 Å². The van der Waals surface area contributed by atoms with E-state index >= 15 is 0 Å². The fraction of sp³-hybridized carbons (Fsp3) is 0.875. The molecule has 21 heavy (non-hydrogen) atoms. The van der Waals surface area contributed by atoms with E-state index in [9.17, 15) is 9.59 Å². The normalized spacial score (nSPS) is 23.5. The molecule has 122 valence electrons. The second-order valence-electron chi connectivity index (χ2n) is 6.23. The molecule has 0 aromatic heterocycles. The summed E-state index contributed by atoms with van der Waals surface area (Å²) in [6.45, 7) is 2.84. The van der Waals surface area contributed by atoms with Crippen molar-refractivity contribution in [2.24, 2.45) is 17.6 Å². The molecular formula is C16H30N2O3. The van der Waals surface area contributed by atoms with Gasteiger partial charge in [0.1, 0.15) is 0 Å². The average molecular weight is 298 g/mol. The zero-order valence-electron chi connectivity index (χ0n) is 13.1. The van der Waals surface area contributed by atoms with Gasteiger partial charge in [-0.25, -0.2) is 0 Å². The second kappa shape index (κ2) is 9.77. The number of carboxylic acids is 1. The third-order valence-corrected chi connectivity index (χ3v) is 4.49. The molecule has 5 heteroatoms. The van der Waals surface area contributed by atoms with E-state index in [4.69, 9.17) is 10.8 Å². The maximum atomic E-state index is 12.0. The summed E-state index contributed by atoms with van der Waals surface area (Å²) in [7, 11) is 0. The van der Waals surface area contributed by atoms with Crippen molar-refractivity contribution in [1.82, 2.24) is 5.32 Å². The van der Waals surface area contributed by atoms with Crippen molar-refractivity contribution >= 4 is 11.9 Å². The van der Waals surface area contributed by atoms with E-state index in [0.717, 1.165) is 38.5 Å². The van der Waals surface area contributed by atoms with Crippen molar-refractivity contribution in [3.05, 3.63) is 0 Å². The van der Waals surface area contributed by atoms with Gasteiger partial charge in [-0.15, -0.1) is 0 Å². The molecule has 1 fully saturated rings. The molecule has 0 aliphatic heterocycles. The highest BCUT2D eigenvalue weighted by Gasteiger charge is 2.26. The van der Waals surface area contributed by atoms with Gasteiger partial charge < -0.3 is 16.2 Å². The van der Waals surface area contributed by atoms with Crippen LogP contribution in [-0.4, -0.2) is 29.6 Å². The molecule has 1 amide bonds. The molecule has 0 saturated heterocycles. The predicted octanol–water partition coefficient (Wildman–Crippen LogP) is 2.29. The first kappa shape index (κ1) is 18.0. The third-order valence-electron chi connectivity index (χ3n) is 4.49. The molecule has 1 aliphatic carbocycles. The fourth-order valence-electron chi connectivity index (χ4n) is 3.20. The Kier molecular flexibility index (Phi) is 8.35. The minimum absolute atomic E-state index is 0.104. The number of aliphatic carboxylic acids is 1. The first-order valence-electron chi connectivity index (χ1n) is 8.29. The third kappa shape index (κ3) is 6.93. The van der Waals surface area contributed by atoms with Gasteiger partial charge in [0.05, 0.1) is 5.92 Å². The van der Waals surface area contributed by atoms with Crippen LogP contribution in [-0.2, 0) is 9.59 Å². The Hall–Kier alpha value is -1.10. The lowest BCUT2D eigenvalue weighted by Gasteiger charge is -2.27. The van der Waals surface area contributed by atoms with Crippen LogP contribution in [0.4, 0.5) is 0 Å². The Morgan fingerprint density at radius 3 is 2.38 bits per heavy atom. The number of nitrogens with one attached hydrogen (secondary N) is 1. The van der Waals surface area contributed by atoms with Crippen LogP contribution in [0.25, 0.3) is 0 Å². The number of carbonyl (C=O) groups excluding carboxylic acids is 1. The molecule has 1 unspecified atom stereocenters. The summed E-state index contributed by atoms with van der Waals surface area (Å²) in [6.07, 6.45) is 7.63. The van der Waals surface area contributed by atoms with Crippen LogP contribution in [0, 0.1) is 11.8 Å². The van der Waals surface area contributed by atoms with Gasteiger partial charge >= 0.3 is 5.97 Å². The second-order valence-corrected chi connectivity index (χ2v) is 6.23. The summed E-state index contributed by atoms with van der Waals surface area (Å²) in [5, 5.41) is 12.0. The van der Waals surface area contributed by atoms with Gasteiger partial charge in [-0.2, -0.15) is 0 Å². The van der Waals surface area contributed by atoms with Crippen molar-refractivity contribution in [2.45, 2.75) is 70.8 Å². The van der Waals surface area contributed by atoms with Crippen LogP contribution in [0.5, 0.6) is 0 Å². The lowest BCUT2D eigenvalue weighted by atomic mass is 9.86. The fourth-order valence-corrected chi connectivity index (χ4v) is 3.20. The number of hydrogen-bond acceptors (Lipinski definition) is 3. The minimum atomic E-state index is -0.705. The van der Waals surface area contributed by atoms with Gasteiger partial charge in [0.15, 0.2) is 0 Å². The topological polar surface area (TPSA) is 92.4 Å². The summed E-state index contributed by atoms with van der Waals surface area (Å²) in [6, 6.07) is 0.159. The van der Waals surface area contributed by atoms with Gasteiger partial charge in [0, 0.05) is 12.5 Å². The maximum Gasteiger partial charge on any atom is 0.306 e. The summed E-state index contributed by atoms with van der Waals surface area (Å²) < 4.78 is 0. The first-order chi connectivity index (χ1) is 10.1. The molecule has 1 rings (SSSR count). The van der Waals surface area contributed by atoms with E-state index in [2.05, 4.69) is 12.2 Å². The van der Waals surface area contributed by atoms with Crippen LogP contribution in [0.2, 0.25) is 0 Å². The van der Waals surface area contributed by atoms with Crippen LogP contribution in [0.15, 0.2) is 0 Å². The number of nitrogens with two attached hydrogens (primary N) is 1. The quantitative estimate of drug-likeness (QED) is 0.609. The molecule has 0 spiro atoms. The predicted molar refractivity (Wildman–Crippen MR) is 82.8 cm³/mol. The molecule has 1 aliphatic rings. The van der Waals surface area contributed by atoms with E-state index in [1.807, 2.05) is 0 Å². The molecule has 5 nitrogen and oxygen atoms in total. The van der Waals surface area contributed by atoms with Gasteiger partial charge in [-0.1, -0.05) is 19.8 Å². The number of rotatable bonds is 9. The number of amides is 1. The van der Waals surface area contributed by atoms with Crippen LogP contribution >= 0.6 is 0 Å². The Bertz CT molecular complexity index is 319. The van der Waals surface area contributed by atoms with Crippen molar-refractivity contribution in [1.29, 1.82) is 0 Å². The summed E-state index contributed by atoms with van der Waals surface area (Å²) >= 11 is 0. The van der Waals surface area contributed by atoms with E-state index in [-0.39, 0.29) is 17.9 Å². The Morgan fingerprint density at radius 1 is 1.19 bits per heavy atom. The van der Waals surface area contributed by atoms with E-state index < -0.39 is 5.97 Å². The molecule has 0 heterocycles. The summed E-state index contributed by atoms with van der Waals surface area (Å²) in [4.78, 5) is 22.9. The largest absolute Gasteiger partial charge is 0.481 e. The number of carbonyl (C=O) groups is 2. The standard InChI is InChI=1S/C16H30N2O3/c1-2-3-12(10-11-17)4-9-15(19)18-14-7-5-13(6-8-14)16(20)21/h12-14H,2-11,17H2,1H3,(H,18,19)(H,20,21). The number of hydrogen-bond donors (Lipinski definition) is 3. The molecule has 1 saturated carbocycles.